The van der Waals surface area contributed by atoms with Gasteiger partial charge in [-0.15, -0.1) is 6.58 Å². The van der Waals surface area contributed by atoms with Crippen LogP contribution in [0.4, 0.5) is 0 Å². The number of ether oxygens (including phenoxy) is 1. The van der Waals surface area contributed by atoms with Crippen molar-refractivity contribution in [3.63, 3.8) is 0 Å². The molecule has 0 saturated carbocycles. The lowest BCUT2D eigenvalue weighted by Crippen LogP contribution is -2.21. The molecule has 0 aliphatic heterocycles. The molecule has 0 spiro atoms. The minimum atomic E-state index is 0.212. The average Bonchev–Trinajstić information content (AvgIpc) is 2.52. The van der Waals surface area contributed by atoms with Crippen LogP contribution < -0.4 is 10.1 Å². The van der Waals surface area contributed by atoms with Crippen molar-refractivity contribution >= 4 is 0 Å². The fourth-order valence-electron chi connectivity index (χ4n) is 2.28. The molecule has 2 heteroatoms. The van der Waals surface area contributed by atoms with Crippen molar-refractivity contribution < 1.29 is 4.74 Å². The fraction of sp³-hybridized carbons (Fsp3) is 0.222. The van der Waals surface area contributed by atoms with Gasteiger partial charge < -0.3 is 10.1 Å². The molecular weight excluding hydrogens is 246 g/mol. The van der Waals surface area contributed by atoms with Gasteiger partial charge in [0.05, 0.1) is 7.11 Å². The molecule has 0 aliphatic rings. The largest absolute Gasteiger partial charge is 0.496 e. The second-order valence-electron chi connectivity index (χ2n) is 4.69. The molecule has 2 aromatic carbocycles. The predicted octanol–water partition coefficient (Wildman–Crippen LogP) is 4.10. The quantitative estimate of drug-likeness (QED) is 0.762. The molecule has 0 saturated heterocycles. The van der Waals surface area contributed by atoms with E-state index in [0.29, 0.717) is 0 Å². The Morgan fingerprint density at radius 3 is 2.50 bits per heavy atom. The summed E-state index contributed by atoms with van der Waals surface area (Å²) in [6, 6.07) is 18.7. The molecule has 2 nitrogen and oxygen atoms in total. The molecule has 0 fully saturated rings. The van der Waals surface area contributed by atoms with Crippen molar-refractivity contribution in [3.05, 3.63) is 78.4 Å². The second kappa shape index (κ2) is 7.51. The minimum absolute atomic E-state index is 0.212. The Labute approximate surface area is 121 Å². The highest BCUT2D eigenvalue weighted by atomic mass is 16.5. The summed E-state index contributed by atoms with van der Waals surface area (Å²) in [6.45, 7) is 4.69. The number of hydrogen-bond donors (Lipinski definition) is 1. The van der Waals surface area contributed by atoms with Crippen LogP contribution in [-0.4, -0.2) is 7.11 Å². The zero-order valence-corrected chi connectivity index (χ0v) is 11.9. The summed E-state index contributed by atoms with van der Waals surface area (Å²) < 4.78 is 5.45. The Hall–Kier alpha value is -2.06. The Balaban J connectivity index is 2.12. The standard InChI is InChI=1S/C18H21NO/c1-3-9-17(16-12-7-8-13-18(16)20-2)19-14-15-10-5-4-6-11-15/h3-8,10-13,17,19H,1,9,14H2,2H3. The number of nitrogens with one attached hydrogen (secondary N) is 1. The average molecular weight is 267 g/mol. The lowest BCUT2D eigenvalue weighted by Gasteiger charge is -2.20. The van der Waals surface area contributed by atoms with Crippen molar-refractivity contribution in [2.24, 2.45) is 0 Å². The maximum absolute atomic E-state index is 5.45. The van der Waals surface area contributed by atoms with Crippen LogP contribution in [0.15, 0.2) is 67.3 Å². The van der Waals surface area contributed by atoms with E-state index in [1.165, 1.54) is 11.1 Å². The van der Waals surface area contributed by atoms with E-state index in [2.05, 4.69) is 42.2 Å². The molecule has 1 atom stereocenters. The molecule has 0 heterocycles. The van der Waals surface area contributed by atoms with Gasteiger partial charge in [-0.05, 0) is 18.1 Å². The molecule has 2 rings (SSSR count). The molecular formula is C18H21NO. The van der Waals surface area contributed by atoms with Crippen LogP contribution >= 0.6 is 0 Å². The smallest absolute Gasteiger partial charge is 0.123 e. The van der Waals surface area contributed by atoms with E-state index in [-0.39, 0.29) is 6.04 Å². The number of hydrogen-bond acceptors (Lipinski definition) is 2. The van der Waals surface area contributed by atoms with Crippen molar-refractivity contribution in [2.45, 2.75) is 19.0 Å². The van der Waals surface area contributed by atoms with Crippen LogP contribution in [0.5, 0.6) is 5.75 Å². The first-order valence-corrected chi connectivity index (χ1v) is 6.86. The number of para-hydroxylation sites is 1. The van der Waals surface area contributed by atoms with Crippen LogP contribution in [0.2, 0.25) is 0 Å². The molecule has 0 aromatic heterocycles. The van der Waals surface area contributed by atoms with Crippen LogP contribution in [0, 0.1) is 0 Å². The van der Waals surface area contributed by atoms with E-state index in [1.807, 2.05) is 30.3 Å². The summed E-state index contributed by atoms with van der Waals surface area (Å²) in [5.74, 6) is 0.917. The van der Waals surface area contributed by atoms with Crippen molar-refractivity contribution in [2.75, 3.05) is 7.11 Å². The molecule has 1 unspecified atom stereocenters. The highest BCUT2D eigenvalue weighted by Crippen LogP contribution is 2.27. The van der Waals surface area contributed by atoms with Gasteiger partial charge in [0.1, 0.15) is 5.75 Å². The topological polar surface area (TPSA) is 21.3 Å². The highest BCUT2D eigenvalue weighted by Gasteiger charge is 2.13. The third-order valence-corrected chi connectivity index (χ3v) is 3.31. The third-order valence-electron chi connectivity index (χ3n) is 3.31. The van der Waals surface area contributed by atoms with Gasteiger partial charge >= 0.3 is 0 Å². The highest BCUT2D eigenvalue weighted by molar-refractivity contribution is 5.36. The number of rotatable bonds is 7. The van der Waals surface area contributed by atoms with Gasteiger partial charge in [-0.3, -0.25) is 0 Å². The minimum Gasteiger partial charge on any atom is -0.496 e. The van der Waals surface area contributed by atoms with E-state index >= 15 is 0 Å². The molecule has 0 aliphatic carbocycles. The van der Waals surface area contributed by atoms with Crippen molar-refractivity contribution in [1.29, 1.82) is 0 Å². The first-order chi connectivity index (χ1) is 9.85. The second-order valence-corrected chi connectivity index (χ2v) is 4.69. The molecule has 0 radical (unpaired) electrons. The molecule has 20 heavy (non-hydrogen) atoms. The fourth-order valence-corrected chi connectivity index (χ4v) is 2.28. The molecule has 0 amide bonds. The summed E-state index contributed by atoms with van der Waals surface area (Å²) in [7, 11) is 1.71. The van der Waals surface area contributed by atoms with Gasteiger partial charge in [0.2, 0.25) is 0 Å². The lowest BCUT2D eigenvalue weighted by molar-refractivity contribution is 0.398. The van der Waals surface area contributed by atoms with Gasteiger partial charge in [-0.2, -0.15) is 0 Å². The van der Waals surface area contributed by atoms with Gasteiger partial charge in [-0.25, -0.2) is 0 Å². The van der Waals surface area contributed by atoms with Gasteiger partial charge in [-0.1, -0.05) is 54.6 Å². The van der Waals surface area contributed by atoms with Gasteiger partial charge in [0.15, 0.2) is 0 Å². The lowest BCUT2D eigenvalue weighted by atomic mass is 10.0. The van der Waals surface area contributed by atoms with E-state index in [0.717, 1.165) is 18.7 Å². The monoisotopic (exact) mass is 267 g/mol. The first-order valence-electron chi connectivity index (χ1n) is 6.86. The SMILES string of the molecule is C=CCC(NCc1ccccc1)c1ccccc1OC. The van der Waals surface area contributed by atoms with Crippen molar-refractivity contribution in [1.82, 2.24) is 5.32 Å². The normalized spacial score (nSPS) is 11.8. The van der Waals surface area contributed by atoms with E-state index in [1.54, 1.807) is 7.11 Å². The number of benzene rings is 2. The van der Waals surface area contributed by atoms with Crippen LogP contribution in [-0.2, 0) is 6.54 Å². The zero-order chi connectivity index (χ0) is 14.2. The summed E-state index contributed by atoms with van der Waals surface area (Å²) >= 11 is 0. The molecule has 2 aromatic rings. The van der Waals surface area contributed by atoms with Crippen LogP contribution in [0.1, 0.15) is 23.6 Å². The van der Waals surface area contributed by atoms with Gasteiger partial charge in [0.25, 0.3) is 0 Å². The third kappa shape index (κ3) is 3.72. The Kier molecular flexibility index (Phi) is 5.39. The Bertz CT molecular complexity index is 536. The van der Waals surface area contributed by atoms with Crippen molar-refractivity contribution in [3.8, 4) is 5.75 Å². The van der Waals surface area contributed by atoms with E-state index < -0.39 is 0 Å². The first kappa shape index (κ1) is 14.4. The maximum Gasteiger partial charge on any atom is 0.123 e. The molecule has 104 valence electrons. The summed E-state index contributed by atoms with van der Waals surface area (Å²) in [5.41, 5.74) is 2.45. The summed E-state index contributed by atoms with van der Waals surface area (Å²) in [6.07, 6.45) is 2.81. The Morgan fingerprint density at radius 2 is 1.80 bits per heavy atom. The summed E-state index contributed by atoms with van der Waals surface area (Å²) in [5, 5.41) is 3.58. The van der Waals surface area contributed by atoms with E-state index in [9.17, 15) is 0 Å². The molecule has 0 bridgehead atoms. The molecule has 1 N–H and O–H groups in total. The van der Waals surface area contributed by atoms with Crippen LogP contribution in [0.3, 0.4) is 0 Å². The number of methoxy groups -OCH3 is 1. The maximum atomic E-state index is 5.45. The van der Waals surface area contributed by atoms with Gasteiger partial charge in [0, 0.05) is 18.2 Å². The predicted molar refractivity (Wildman–Crippen MR) is 83.8 cm³/mol. The zero-order valence-electron chi connectivity index (χ0n) is 11.9. The summed E-state index contributed by atoms with van der Waals surface area (Å²) in [4.78, 5) is 0. The Morgan fingerprint density at radius 1 is 1.10 bits per heavy atom. The van der Waals surface area contributed by atoms with E-state index in [4.69, 9.17) is 4.74 Å². The van der Waals surface area contributed by atoms with Crippen LogP contribution in [0.25, 0.3) is 0 Å².